The minimum Gasteiger partial charge on any atom is -0.302 e. The Balaban J connectivity index is 2.28. The van der Waals surface area contributed by atoms with Crippen LogP contribution in [-0.2, 0) is 6.54 Å². The summed E-state index contributed by atoms with van der Waals surface area (Å²) in [4.78, 5) is 2.38. The van der Waals surface area contributed by atoms with Crippen molar-refractivity contribution in [2.45, 2.75) is 25.8 Å². The normalized spacial score (nSPS) is 11.0. The molecule has 0 atom stereocenters. The summed E-state index contributed by atoms with van der Waals surface area (Å²) in [7, 11) is 2.19. The first-order valence-corrected chi connectivity index (χ1v) is 7.63. The molecule has 3 heteroatoms. The summed E-state index contributed by atoms with van der Waals surface area (Å²) in [5, 5.41) is 1.13. The molecule has 1 rings (SSSR count). The summed E-state index contributed by atoms with van der Waals surface area (Å²) in [5.41, 5.74) is 1.37. The number of unbranched alkanes of at least 4 members (excludes halogenated alkanes) is 2. The molecule has 0 amide bonds. The summed E-state index contributed by atoms with van der Waals surface area (Å²) >= 11 is 7.05. The lowest BCUT2D eigenvalue weighted by molar-refractivity contribution is 0.318. The summed E-state index contributed by atoms with van der Waals surface area (Å²) in [6.45, 7) is 2.20. The number of alkyl halides is 1. The van der Waals surface area contributed by atoms with E-state index in [1.54, 1.807) is 0 Å². The van der Waals surface area contributed by atoms with Crippen molar-refractivity contribution in [3.8, 4) is 0 Å². The fourth-order valence-corrected chi connectivity index (χ4v) is 2.46. The monoisotopic (exact) mass is 347 g/mol. The Morgan fingerprint density at radius 3 is 2.56 bits per heavy atom. The molecule has 0 saturated heterocycles. The second-order valence-electron chi connectivity index (χ2n) is 4.08. The van der Waals surface area contributed by atoms with E-state index < -0.39 is 0 Å². The first-order valence-electron chi connectivity index (χ1n) is 5.72. The van der Waals surface area contributed by atoms with E-state index >= 15 is 0 Å². The van der Waals surface area contributed by atoms with Crippen LogP contribution in [0.4, 0.5) is 0 Å². The van der Waals surface area contributed by atoms with Crippen molar-refractivity contribution in [1.82, 2.24) is 4.90 Å². The van der Waals surface area contributed by atoms with Gasteiger partial charge in [-0.2, -0.15) is 0 Å². The van der Waals surface area contributed by atoms with Gasteiger partial charge >= 0.3 is 0 Å². The molecule has 0 spiro atoms. The third-order valence-corrected chi connectivity index (χ3v) is 3.91. The van der Waals surface area contributed by atoms with Gasteiger partial charge in [0.2, 0.25) is 0 Å². The molecule has 0 heterocycles. The molecule has 1 aromatic rings. The zero-order chi connectivity index (χ0) is 11.8. The highest BCUT2D eigenvalue weighted by Gasteiger charge is 2.02. The fraction of sp³-hybridized carbons (Fsp3) is 0.538. The Morgan fingerprint density at radius 1 is 1.12 bits per heavy atom. The van der Waals surface area contributed by atoms with Crippen molar-refractivity contribution < 1.29 is 0 Å². The predicted octanol–water partition coefficient (Wildman–Crippen LogP) is 4.45. The molecule has 0 N–H and O–H groups in total. The summed E-state index contributed by atoms with van der Waals surface area (Å²) < 4.78 is 1.21. The molecule has 0 unspecified atom stereocenters. The summed E-state index contributed by atoms with van der Waals surface area (Å²) in [5.74, 6) is 0. The van der Waals surface area contributed by atoms with Gasteiger partial charge in [-0.15, -0.1) is 0 Å². The molecule has 0 saturated carbocycles. The highest BCUT2D eigenvalue weighted by molar-refractivity contribution is 9.10. The standard InChI is InChI=1S/C13H19Br2N/c1-16(10-6-2-5-9-14)11-12-7-3-4-8-13(12)15/h3-4,7-8H,2,5-6,9-11H2,1H3. The lowest BCUT2D eigenvalue weighted by atomic mass is 10.2. The van der Waals surface area contributed by atoms with E-state index in [0.29, 0.717) is 0 Å². The minimum atomic E-state index is 1.02. The third-order valence-electron chi connectivity index (χ3n) is 2.57. The number of hydrogen-bond acceptors (Lipinski definition) is 1. The van der Waals surface area contributed by atoms with E-state index in [-0.39, 0.29) is 0 Å². The maximum Gasteiger partial charge on any atom is 0.0241 e. The van der Waals surface area contributed by atoms with E-state index in [0.717, 1.165) is 11.9 Å². The second-order valence-corrected chi connectivity index (χ2v) is 5.73. The van der Waals surface area contributed by atoms with E-state index in [1.807, 2.05) is 0 Å². The molecule has 0 aromatic heterocycles. The largest absolute Gasteiger partial charge is 0.302 e. The van der Waals surface area contributed by atoms with Crippen LogP contribution >= 0.6 is 31.9 Å². The molecule has 0 radical (unpaired) electrons. The maximum atomic E-state index is 3.58. The van der Waals surface area contributed by atoms with Gasteiger partial charge in [-0.1, -0.05) is 56.5 Å². The third kappa shape index (κ3) is 5.46. The van der Waals surface area contributed by atoms with Gasteiger partial charge < -0.3 is 4.90 Å². The Labute approximate surface area is 115 Å². The van der Waals surface area contributed by atoms with Crippen LogP contribution in [0.5, 0.6) is 0 Å². The van der Waals surface area contributed by atoms with Crippen molar-refractivity contribution in [3.63, 3.8) is 0 Å². The SMILES string of the molecule is CN(CCCCCBr)Cc1ccccc1Br. The highest BCUT2D eigenvalue weighted by atomic mass is 79.9. The molecule has 0 aliphatic rings. The summed E-state index contributed by atoms with van der Waals surface area (Å²) in [6, 6.07) is 8.44. The van der Waals surface area contributed by atoms with Crippen molar-refractivity contribution in [2.75, 3.05) is 18.9 Å². The van der Waals surface area contributed by atoms with Crippen LogP contribution in [0.1, 0.15) is 24.8 Å². The molecule has 90 valence electrons. The molecule has 0 aliphatic heterocycles. The second kappa shape index (κ2) is 8.26. The topological polar surface area (TPSA) is 3.24 Å². The van der Waals surface area contributed by atoms with Crippen LogP contribution in [0.3, 0.4) is 0 Å². The summed E-state index contributed by atoms with van der Waals surface area (Å²) in [6.07, 6.45) is 3.88. The van der Waals surface area contributed by atoms with E-state index in [4.69, 9.17) is 0 Å². The van der Waals surface area contributed by atoms with Crippen molar-refractivity contribution in [2.24, 2.45) is 0 Å². The fourth-order valence-electron chi connectivity index (χ4n) is 1.65. The zero-order valence-electron chi connectivity index (χ0n) is 9.76. The first kappa shape index (κ1) is 14.2. The van der Waals surface area contributed by atoms with Crippen LogP contribution in [0.15, 0.2) is 28.7 Å². The molecule has 0 bridgehead atoms. The van der Waals surface area contributed by atoms with Crippen LogP contribution in [0.2, 0.25) is 0 Å². The number of benzene rings is 1. The Kier molecular flexibility index (Phi) is 7.33. The van der Waals surface area contributed by atoms with Gasteiger partial charge in [0, 0.05) is 16.3 Å². The van der Waals surface area contributed by atoms with E-state index in [2.05, 4.69) is 68.1 Å². The zero-order valence-corrected chi connectivity index (χ0v) is 12.9. The van der Waals surface area contributed by atoms with Crippen molar-refractivity contribution in [3.05, 3.63) is 34.3 Å². The quantitative estimate of drug-likeness (QED) is 0.520. The lowest BCUT2D eigenvalue weighted by Crippen LogP contribution is -2.19. The smallest absolute Gasteiger partial charge is 0.0241 e. The molecular weight excluding hydrogens is 330 g/mol. The number of hydrogen-bond donors (Lipinski definition) is 0. The van der Waals surface area contributed by atoms with Crippen LogP contribution in [0, 0.1) is 0 Å². The number of rotatable bonds is 7. The molecule has 0 aliphatic carbocycles. The average molecular weight is 349 g/mol. The average Bonchev–Trinajstić information content (AvgIpc) is 2.28. The molecule has 1 nitrogen and oxygen atoms in total. The molecule has 1 aromatic carbocycles. The maximum absolute atomic E-state index is 3.58. The molecule has 16 heavy (non-hydrogen) atoms. The number of halogens is 2. The van der Waals surface area contributed by atoms with Crippen LogP contribution in [-0.4, -0.2) is 23.8 Å². The lowest BCUT2D eigenvalue weighted by Gasteiger charge is -2.17. The van der Waals surface area contributed by atoms with Gasteiger partial charge in [0.25, 0.3) is 0 Å². The van der Waals surface area contributed by atoms with E-state index in [1.165, 1.54) is 35.8 Å². The highest BCUT2D eigenvalue weighted by Crippen LogP contribution is 2.17. The Bertz CT molecular complexity index is 302. The molecule has 0 fully saturated rings. The van der Waals surface area contributed by atoms with Crippen molar-refractivity contribution >= 4 is 31.9 Å². The van der Waals surface area contributed by atoms with Gasteiger partial charge in [-0.25, -0.2) is 0 Å². The van der Waals surface area contributed by atoms with Crippen LogP contribution < -0.4 is 0 Å². The minimum absolute atomic E-state index is 1.02. The Morgan fingerprint density at radius 2 is 1.88 bits per heavy atom. The van der Waals surface area contributed by atoms with Gasteiger partial charge in [-0.05, 0) is 38.1 Å². The Hall–Kier alpha value is 0.140. The van der Waals surface area contributed by atoms with Gasteiger partial charge in [0.1, 0.15) is 0 Å². The predicted molar refractivity (Wildman–Crippen MR) is 78.1 cm³/mol. The first-order chi connectivity index (χ1) is 7.74. The van der Waals surface area contributed by atoms with Crippen molar-refractivity contribution in [1.29, 1.82) is 0 Å². The van der Waals surface area contributed by atoms with Gasteiger partial charge in [0.05, 0.1) is 0 Å². The van der Waals surface area contributed by atoms with Crippen LogP contribution in [0.25, 0.3) is 0 Å². The number of nitrogens with zero attached hydrogens (tertiary/aromatic N) is 1. The van der Waals surface area contributed by atoms with Gasteiger partial charge in [-0.3, -0.25) is 0 Å². The molecular formula is C13H19Br2N. The van der Waals surface area contributed by atoms with E-state index in [9.17, 15) is 0 Å². The van der Waals surface area contributed by atoms with Gasteiger partial charge in [0.15, 0.2) is 0 Å².